The topological polar surface area (TPSA) is 96.1 Å². The van der Waals surface area contributed by atoms with Crippen LogP contribution in [0.4, 0.5) is 5.82 Å². The van der Waals surface area contributed by atoms with E-state index in [0.29, 0.717) is 37.9 Å². The predicted octanol–water partition coefficient (Wildman–Crippen LogP) is 0.123. The molecule has 1 N–H and O–H groups in total. The Morgan fingerprint density at radius 2 is 2.14 bits per heavy atom. The van der Waals surface area contributed by atoms with E-state index in [1.54, 1.807) is 22.8 Å². The van der Waals surface area contributed by atoms with Crippen LogP contribution in [0.5, 0.6) is 0 Å². The van der Waals surface area contributed by atoms with Crippen LogP contribution >= 0.6 is 0 Å². The molecule has 1 aliphatic rings. The number of aliphatic carboxylic acids is 1. The first kappa shape index (κ1) is 15.3. The van der Waals surface area contributed by atoms with Crippen LogP contribution in [0, 0.1) is 6.92 Å². The number of carbonyl (C=O) groups excluding carboxylic acids is 1. The number of carbonyl (C=O) groups is 2. The molecule has 0 unspecified atom stereocenters. The molecule has 8 heteroatoms. The normalized spacial score (nSPS) is 15.0. The van der Waals surface area contributed by atoms with Crippen LogP contribution < -0.4 is 4.90 Å². The summed E-state index contributed by atoms with van der Waals surface area (Å²) in [7, 11) is 0. The van der Waals surface area contributed by atoms with E-state index in [2.05, 4.69) is 5.16 Å². The minimum atomic E-state index is -0.918. The van der Waals surface area contributed by atoms with Gasteiger partial charge in [-0.15, -0.1) is 0 Å². The zero-order valence-corrected chi connectivity index (χ0v) is 11.9. The van der Waals surface area contributed by atoms with E-state index in [4.69, 9.17) is 14.4 Å². The zero-order valence-electron chi connectivity index (χ0n) is 11.9. The van der Waals surface area contributed by atoms with Gasteiger partial charge in [0.25, 0.3) is 0 Å². The molecule has 1 aromatic rings. The van der Waals surface area contributed by atoms with Gasteiger partial charge in [0.2, 0.25) is 5.91 Å². The molecule has 2 heterocycles. The number of nitrogens with zero attached hydrogens (tertiary/aromatic N) is 3. The van der Waals surface area contributed by atoms with Crippen molar-refractivity contribution in [2.45, 2.75) is 13.3 Å². The summed E-state index contributed by atoms with van der Waals surface area (Å²) in [6.07, 6.45) is -0.0672. The predicted molar refractivity (Wildman–Crippen MR) is 73.1 cm³/mol. The maximum absolute atomic E-state index is 12.3. The monoisotopic (exact) mass is 297 g/mol. The van der Waals surface area contributed by atoms with Crippen LogP contribution in [0.25, 0.3) is 0 Å². The molecule has 21 heavy (non-hydrogen) atoms. The number of aryl methyl sites for hydroxylation is 1. The molecule has 0 radical (unpaired) electrons. The van der Waals surface area contributed by atoms with Gasteiger partial charge in [-0.3, -0.25) is 9.59 Å². The Morgan fingerprint density at radius 1 is 1.43 bits per heavy atom. The first-order valence-corrected chi connectivity index (χ1v) is 6.82. The molecule has 1 amide bonds. The minimum Gasteiger partial charge on any atom is -0.481 e. The Labute approximate surface area is 122 Å². The van der Waals surface area contributed by atoms with E-state index < -0.39 is 5.97 Å². The molecule has 2 rings (SSSR count). The van der Waals surface area contributed by atoms with E-state index in [9.17, 15) is 9.59 Å². The van der Waals surface area contributed by atoms with Gasteiger partial charge in [-0.25, -0.2) is 0 Å². The first-order chi connectivity index (χ1) is 10.1. The number of hydrogen-bond acceptors (Lipinski definition) is 6. The number of ether oxygens (including phenoxy) is 1. The van der Waals surface area contributed by atoms with E-state index in [-0.39, 0.29) is 25.4 Å². The summed E-state index contributed by atoms with van der Waals surface area (Å²) in [5, 5.41) is 12.7. The third-order valence-electron chi connectivity index (χ3n) is 3.23. The molecule has 1 saturated heterocycles. The SMILES string of the molecule is Cc1cc(N(CCC(=O)O)CC(=O)N2CCOCC2)no1. The van der Waals surface area contributed by atoms with Crippen LogP contribution in [0.15, 0.2) is 10.6 Å². The summed E-state index contributed by atoms with van der Waals surface area (Å²) < 4.78 is 10.2. The number of anilines is 1. The van der Waals surface area contributed by atoms with Crippen LogP contribution in [0.2, 0.25) is 0 Å². The second-order valence-electron chi connectivity index (χ2n) is 4.85. The number of aromatic nitrogens is 1. The van der Waals surface area contributed by atoms with Gasteiger partial charge in [0, 0.05) is 25.7 Å². The lowest BCUT2D eigenvalue weighted by molar-refractivity contribution is -0.137. The molecule has 0 atom stereocenters. The lowest BCUT2D eigenvalue weighted by Gasteiger charge is -2.29. The Morgan fingerprint density at radius 3 is 2.71 bits per heavy atom. The van der Waals surface area contributed by atoms with Crippen molar-refractivity contribution in [3.05, 3.63) is 11.8 Å². The van der Waals surface area contributed by atoms with Gasteiger partial charge in [0.1, 0.15) is 5.76 Å². The fourth-order valence-electron chi connectivity index (χ4n) is 2.08. The molecule has 0 spiro atoms. The van der Waals surface area contributed by atoms with Gasteiger partial charge in [0.05, 0.1) is 26.2 Å². The maximum Gasteiger partial charge on any atom is 0.305 e. The summed E-state index contributed by atoms with van der Waals surface area (Å²) >= 11 is 0. The summed E-state index contributed by atoms with van der Waals surface area (Å²) in [6.45, 7) is 4.22. The minimum absolute atomic E-state index is 0.0654. The highest BCUT2D eigenvalue weighted by molar-refractivity contribution is 5.81. The van der Waals surface area contributed by atoms with Crippen molar-refractivity contribution >= 4 is 17.7 Å². The lowest BCUT2D eigenvalue weighted by Crippen LogP contribution is -2.46. The lowest BCUT2D eigenvalue weighted by atomic mass is 10.3. The number of rotatable bonds is 6. The van der Waals surface area contributed by atoms with Gasteiger partial charge in [0.15, 0.2) is 5.82 Å². The Bertz CT molecular complexity index is 496. The van der Waals surface area contributed by atoms with Crippen LogP contribution in [-0.2, 0) is 14.3 Å². The van der Waals surface area contributed by atoms with Crippen molar-refractivity contribution in [3.63, 3.8) is 0 Å². The standard InChI is InChI=1S/C13H19N3O5/c1-10-8-11(14-21-10)16(3-2-13(18)19)9-12(17)15-4-6-20-7-5-15/h8H,2-7,9H2,1H3,(H,18,19). The number of carboxylic acids is 1. The summed E-state index contributed by atoms with van der Waals surface area (Å²) in [6, 6.07) is 1.69. The van der Waals surface area contributed by atoms with Crippen molar-refractivity contribution in [2.75, 3.05) is 44.3 Å². The van der Waals surface area contributed by atoms with E-state index in [1.165, 1.54) is 0 Å². The number of amides is 1. The molecule has 1 fully saturated rings. The van der Waals surface area contributed by atoms with Gasteiger partial charge in [-0.05, 0) is 6.92 Å². The zero-order chi connectivity index (χ0) is 15.2. The first-order valence-electron chi connectivity index (χ1n) is 6.82. The molecule has 1 aliphatic heterocycles. The molecule has 0 bridgehead atoms. The quantitative estimate of drug-likeness (QED) is 0.796. The Kier molecular flexibility index (Phi) is 5.15. The summed E-state index contributed by atoms with van der Waals surface area (Å²) in [4.78, 5) is 26.3. The van der Waals surface area contributed by atoms with Crippen molar-refractivity contribution in [1.82, 2.24) is 10.1 Å². The highest BCUT2D eigenvalue weighted by atomic mass is 16.5. The van der Waals surface area contributed by atoms with E-state index in [0.717, 1.165) is 0 Å². The summed E-state index contributed by atoms with van der Waals surface area (Å²) in [5.74, 6) is 0.114. The third kappa shape index (κ3) is 4.45. The van der Waals surface area contributed by atoms with Gasteiger partial charge >= 0.3 is 5.97 Å². The van der Waals surface area contributed by atoms with Crippen molar-refractivity contribution < 1.29 is 24.0 Å². The smallest absolute Gasteiger partial charge is 0.305 e. The van der Waals surface area contributed by atoms with Crippen LogP contribution in [-0.4, -0.2) is 66.4 Å². The fourth-order valence-corrected chi connectivity index (χ4v) is 2.08. The third-order valence-corrected chi connectivity index (χ3v) is 3.23. The van der Waals surface area contributed by atoms with Crippen molar-refractivity contribution in [1.29, 1.82) is 0 Å². The molecule has 8 nitrogen and oxygen atoms in total. The van der Waals surface area contributed by atoms with E-state index >= 15 is 0 Å². The molecule has 1 aromatic heterocycles. The maximum atomic E-state index is 12.3. The Hall–Kier alpha value is -2.09. The average Bonchev–Trinajstić information content (AvgIpc) is 2.90. The highest BCUT2D eigenvalue weighted by Gasteiger charge is 2.21. The molecule has 0 saturated carbocycles. The van der Waals surface area contributed by atoms with Gasteiger partial charge < -0.3 is 24.2 Å². The average molecular weight is 297 g/mol. The molecule has 0 aromatic carbocycles. The molecular weight excluding hydrogens is 278 g/mol. The number of hydrogen-bond donors (Lipinski definition) is 1. The van der Waals surface area contributed by atoms with Crippen molar-refractivity contribution in [3.8, 4) is 0 Å². The Balaban J connectivity index is 2.00. The van der Waals surface area contributed by atoms with Crippen LogP contribution in [0.3, 0.4) is 0 Å². The van der Waals surface area contributed by atoms with Gasteiger partial charge in [-0.2, -0.15) is 0 Å². The second kappa shape index (κ2) is 7.07. The molecular formula is C13H19N3O5. The molecule has 0 aliphatic carbocycles. The highest BCUT2D eigenvalue weighted by Crippen LogP contribution is 2.14. The summed E-state index contributed by atoms with van der Waals surface area (Å²) in [5.41, 5.74) is 0. The van der Waals surface area contributed by atoms with E-state index in [1.807, 2.05) is 0 Å². The van der Waals surface area contributed by atoms with Gasteiger partial charge in [-0.1, -0.05) is 5.16 Å². The number of morpholine rings is 1. The second-order valence-corrected chi connectivity index (χ2v) is 4.85. The molecule has 116 valence electrons. The number of carboxylic acid groups (broad SMARTS) is 1. The largest absolute Gasteiger partial charge is 0.481 e. The fraction of sp³-hybridized carbons (Fsp3) is 0.615. The van der Waals surface area contributed by atoms with Crippen LogP contribution in [0.1, 0.15) is 12.2 Å². The van der Waals surface area contributed by atoms with Crippen molar-refractivity contribution in [2.24, 2.45) is 0 Å².